The SMILES string of the molecule is N#Cc1cccc(-c2ccc(-c3nc(-c4ccccc4)nc(-c4ccc5c(c4)oc4cccc(-c6cc(-c7ccccc7)cc(-c7ccccc7)c6)c45)n3)cc2)c1. The molecule has 0 atom stereocenters. The second kappa shape index (κ2) is 14.4. The van der Waals surface area contributed by atoms with E-state index in [4.69, 9.17) is 19.4 Å². The summed E-state index contributed by atoms with van der Waals surface area (Å²) >= 11 is 0. The van der Waals surface area contributed by atoms with Crippen LogP contribution in [0.25, 0.3) is 101 Å². The van der Waals surface area contributed by atoms with Gasteiger partial charge in [-0.15, -0.1) is 0 Å². The van der Waals surface area contributed by atoms with Crippen LogP contribution in [0.1, 0.15) is 5.56 Å². The highest BCUT2D eigenvalue weighted by Crippen LogP contribution is 2.41. The molecular weight excluding hydrogens is 697 g/mol. The van der Waals surface area contributed by atoms with Crippen molar-refractivity contribution in [3.05, 3.63) is 200 Å². The average Bonchev–Trinajstić information content (AvgIpc) is 3.68. The Kier molecular flexibility index (Phi) is 8.48. The standard InChI is InChI=1S/C52H32N4O/c53-33-34-12-10-19-40(28-34)37-22-24-39(25-23-37)51-54-50(38-17-8-3-9-18-38)55-52(56-51)41-26-27-46-48(32-41)57-47-21-11-20-45(49(46)47)44-30-42(35-13-4-1-5-14-35)29-43(31-44)36-15-6-2-7-16-36/h1-32H. The van der Waals surface area contributed by atoms with E-state index in [-0.39, 0.29) is 0 Å². The molecule has 5 nitrogen and oxygen atoms in total. The highest BCUT2D eigenvalue weighted by atomic mass is 16.3. The minimum Gasteiger partial charge on any atom is -0.456 e. The molecule has 8 aromatic carbocycles. The first-order valence-corrected chi connectivity index (χ1v) is 18.8. The van der Waals surface area contributed by atoms with Gasteiger partial charge in [-0.05, 0) is 93.0 Å². The zero-order valence-electron chi connectivity index (χ0n) is 30.7. The molecule has 10 aromatic rings. The Hall–Kier alpha value is -7.94. The van der Waals surface area contributed by atoms with Gasteiger partial charge < -0.3 is 4.42 Å². The van der Waals surface area contributed by atoms with Crippen molar-refractivity contribution in [1.82, 2.24) is 15.0 Å². The fourth-order valence-electron chi connectivity index (χ4n) is 7.51. The topological polar surface area (TPSA) is 75.6 Å². The van der Waals surface area contributed by atoms with E-state index in [1.54, 1.807) is 0 Å². The summed E-state index contributed by atoms with van der Waals surface area (Å²) < 4.78 is 6.62. The highest BCUT2D eigenvalue weighted by molar-refractivity contribution is 6.13. The van der Waals surface area contributed by atoms with E-state index >= 15 is 0 Å². The summed E-state index contributed by atoms with van der Waals surface area (Å²) in [5, 5.41) is 11.5. The number of furan rings is 1. The third-order valence-electron chi connectivity index (χ3n) is 10.3. The Morgan fingerprint density at radius 1 is 0.351 bits per heavy atom. The van der Waals surface area contributed by atoms with Gasteiger partial charge in [-0.1, -0.05) is 146 Å². The lowest BCUT2D eigenvalue weighted by molar-refractivity contribution is 0.669. The molecule has 0 aliphatic carbocycles. The van der Waals surface area contributed by atoms with Crippen molar-refractivity contribution < 1.29 is 4.42 Å². The molecule has 0 radical (unpaired) electrons. The van der Waals surface area contributed by atoms with E-state index < -0.39 is 0 Å². The number of benzene rings is 8. The smallest absolute Gasteiger partial charge is 0.164 e. The number of nitrogens with zero attached hydrogens (tertiary/aromatic N) is 4. The van der Waals surface area contributed by atoms with Crippen molar-refractivity contribution in [2.45, 2.75) is 0 Å². The third kappa shape index (κ3) is 6.52. The fourth-order valence-corrected chi connectivity index (χ4v) is 7.51. The molecule has 0 N–H and O–H groups in total. The Bertz CT molecular complexity index is 3050. The number of rotatable bonds is 7. The van der Waals surface area contributed by atoms with Crippen LogP contribution >= 0.6 is 0 Å². The summed E-state index contributed by atoms with van der Waals surface area (Å²) in [5.74, 6) is 1.70. The third-order valence-corrected chi connectivity index (χ3v) is 10.3. The lowest BCUT2D eigenvalue weighted by Gasteiger charge is -2.12. The molecule has 57 heavy (non-hydrogen) atoms. The first-order valence-electron chi connectivity index (χ1n) is 18.8. The molecule has 0 saturated carbocycles. The molecule has 0 bridgehead atoms. The zero-order valence-corrected chi connectivity index (χ0v) is 30.7. The zero-order chi connectivity index (χ0) is 38.1. The second-order valence-corrected chi connectivity index (χ2v) is 14.0. The van der Waals surface area contributed by atoms with E-state index in [2.05, 4.69) is 109 Å². The van der Waals surface area contributed by atoms with Crippen molar-refractivity contribution in [2.24, 2.45) is 0 Å². The molecule has 2 aromatic heterocycles. The predicted octanol–water partition coefficient (Wildman–Crippen LogP) is 13.3. The van der Waals surface area contributed by atoms with Crippen LogP contribution in [0.3, 0.4) is 0 Å². The van der Waals surface area contributed by atoms with Gasteiger partial charge in [0.05, 0.1) is 11.6 Å². The van der Waals surface area contributed by atoms with E-state index in [0.717, 1.165) is 72.0 Å². The summed E-state index contributed by atoms with van der Waals surface area (Å²) in [4.78, 5) is 15.0. The Morgan fingerprint density at radius 2 is 0.842 bits per heavy atom. The molecule has 266 valence electrons. The number of hydrogen-bond donors (Lipinski definition) is 0. The second-order valence-electron chi connectivity index (χ2n) is 14.0. The van der Waals surface area contributed by atoms with Crippen molar-refractivity contribution in [1.29, 1.82) is 5.26 Å². The Morgan fingerprint density at radius 3 is 1.47 bits per heavy atom. The normalized spacial score (nSPS) is 11.1. The Labute approximate surface area is 329 Å². The van der Waals surface area contributed by atoms with Crippen molar-refractivity contribution in [3.8, 4) is 84.7 Å². The van der Waals surface area contributed by atoms with Gasteiger partial charge in [0.1, 0.15) is 11.2 Å². The minimum absolute atomic E-state index is 0.551. The van der Waals surface area contributed by atoms with Gasteiger partial charge >= 0.3 is 0 Å². The van der Waals surface area contributed by atoms with Gasteiger partial charge in [0.25, 0.3) is 0 Å². The first-order chi connectivity index (χ1) is 28.2. The first kappa shape index (κ1) is 33.6. The molecule has 5 heteroatoms. The minimum atomic E-state index is 0.551. The summed E-state index contributed by atoms with van der Waals surface area (Å²) in [5.41, 5.74) is 13.6. The van der Waals surface area contributed by atoms with Gasteiger partial charge in [0.2, 0.25) is 0 Å². The molecule has 10 rings (SSSR count). The van der Waals surface area contributed by atoms with Crippen LogP contribution in [0.4, 0.5) is 0 Å². The maximum Gasteiger partial charge on any atom is 0.164 e. The maximum absolute atomic E-state index is 9.41. The van der Waals surface area contributed by atoms with Gasteiger partial charge in [0.15, 0.2) is 17.5 Å². The summed E-state index contributed by atoms with van der Waals surface area (Å²) in [6.45, 7) is 0. The van der Waals surface area contributed by atoms with Crippen LogP contribution in [0.2, 0.25) is 0 Å². The van der Waals surface area contributed by atoms with E-state index in [1.807, 2.05) is 91.0 Å². The number of fused-ring (bicyclic) bond motifs is 3. The molecule has 2 heterocycles. The number of nitriles is 1. The quantitative estimate of drug-likeness (QED) is 0.163. The fraction of sp³-hybridized carbons (Fsp3) is 0. The summed E-state index contributed by atoms with van der Waals surface area (Å²) in [6.07, 6.45) is 0. The molecular formula is C52H32N4O. The summed E-state index contributed by atoms with van der Waals surface area (Å²) in [6, 6.07) is 68.3. The molecule has 0 spiro atoms. The predicted molar refractivity (Wildman–Crippen MR) is 230 cm³/mol. The van der Waals surface area contributed by atoms with Gasteiger partial charge in [-0.25, -0.2) is 15.0 Å². The molecule has 0 fully saturated rings. The van der Waals surface area contributed by atoms with Crippen molar-refractivity contribution in [3.63, 3.8) is 0 Å². The molecule has 0 aliphatic heterocycles. The van der Waals surface area contributed by atoms with Crippen LogP contribution in [0, 0.1) is 11.3 Å². The highest BCUT2D eigenvalue weighted by Gasteiger charge is 2.18. The van der Waals surface area contributed by atoms with Crippen LogP contribution in [0.15, 0.2) is 199 Å². The lowest BCUT2D eigenvalue weighted by atomic mass is 9.91. The van der Waals surface area contributed by atoms with Crippen LogP contribution in [-0.2, 0) is 0 Å². The van der Waals surface area contributed by atoms with Crippen LogP contribution in [0.5, 0.6) is 0 Å². The van der Waals surface area contributed by atoms with Gasteiger partial charge in [-0.3, -0.25) is 0 Å². The van der Waals surface area contributed by atoms with Crippen LogP contribution in [-0.4, -0.2) is 15.0 Å². The molecule has 0 saturated heterocycles. The van der Waals surface area contributed by atoms with Gasteiger partial charge in [0, 0.05) is 27.5 Å². The van der Waals surface area contributed by atoms with Crippen molar-refractivity contribution >= 4 is 21.9 Å². The van der Waals surface area contributed by atoms with E-state index in [0.29, 0.717) is 23.0 Å². The number of hydrogen-bond acceptors (Lipinski definition) is 5. The van der Waals surface area contributed by atoms with Crippen LogP contribution < -0.4 is 0 Å². The Balaban J connectivity index is 1.08. The van der Waals surface area contributed by atoms with Gasteiger partial charge in [-0.2, -0.15) is 5.26 Å². The maximum atomic E-state index is 9.41. The number of aromatic nitrogens is 3. The molecule has 0 aliphatic rings. The molecule has 0 amide bonds. The summed E-state index contributed by atoms with van der Waals surface area (Å²) in [7, 11) is 0. The van der Waals surface area contributed by atoms with E-state index in [9.17, 15) is 5.26 Å². The lowest BCUT2D eigenvalue weighted by Crippen LogP contribution is -2.00. The van der Waals surface area contributed by atoms with Crippen molar-refractivity contribution in [2.75, 3.05) is 0 Å². The largest absolute Gasteiger partial charge is 0.456 e. The van der Waals surface area contributed by atoms with E-state index in [1.165, 1.54) is 11.1 Å². The average molecular weight is 729 g/mol. The molecule has 0 unspecified atom stereocenters. The monoisotopic (exact) mass is 728 g/mol.